The van der Waals surface area contributed by atoms with E-state index in [0.717, 1.165) is 0 Å². The molecule has 2 amide bonds. The predicted molar refractivity (Wildman–Crippen MR) is 70.2 cm³/mol. The molecule has 0 radical (unpaired) electrons. The van der Waals surface area contributed by atoms with Crippen molar-refractivity contribution < 1.29 is 14.0 Å². The molecule has 0 atom stereocenters. The van der Waals surface area contributed by atoms with Crippen LogP contribution in [-0.2, 0) is 9.59 Å². The van der Waals surface area contributed by atoms with E-state index in [-0.39, 0.29) is 31.4 Å². The average Bonchev–Trinajstić information content (AvgIpc) is 2.41. The second kappa shape index (κ2) is 6.15. The molecule has 0 aromatic heterocycles. The van der Waals surface area contributed by atoms with Gasteiger partial charge in [-0.3, -0.25) is 14.5 Å². The van der Waals surface area contributed by atoms with Crippen LogP contribution in [0.5, 0.6) is 0 Å². The van der Waals surface area contributed by atoms with Crippen LogP contribution in [0.25, 0.3) is 0 Å². The maximum absolute atomic E-state index is 13.2. The number of piperazine rings is 1. The van der Waals surface area contributed by atoms with E-state index >= 15 is 0 Å². The average molecular weight is 275 g/mol. The van der Waals surface area contributed by atoms with E-state index in [2.05, 4.69) is 0 Å². The third kappa shape index (κ3) is 3.12. The Morgan fingerprint density at radius 1 is 1.25 bits per heavy atom. The maximum atomic E-state index is 13.2. The number of rotatable bonds is 4. The van der Waals surface area contributed by atoms with Crippen LogP contribution in [0.1, 0.15) is 12.8 Å². The number of nitriles is 1. The van der Waals surface area contributed by atoms with Gasteiger partial charge in [0.1, 0.15) is 5.82 Å². The van der Waals surface area contributed by atoms with E-state index in [9.17, 15) is 14.0 Å². The Kier molecular flexibility index (Phi) is 4.31. The smallest absolute Gasteiger partial charge is 0.248 e. The van der Waals surface area contributed by atoms with Gasteiger partial charge in [-0.15, -0.1) is 0 Å². The first-order valence-electron chi connectivity index (χ1n) is 6.32. The Labute approximate surface area is 116 Å². The third-order valence-electron chi connectivity index (χ3n) is 3.10. The molecule has 0 aliphatic carbocycles. The number of anilines is 1. The molecule has 1 aromatic carbocycles. The highest BCUT2D eigenvalue weighted by molar-refractivity contribution is 6.02. The molecule has 20 heavy (non-hydrogen) atoms. The largest absolute Gasteiger partial charge is 0.353 e. The fourth-order valence-electron chi connectivity index (χ4n) is 2.11. The van der Waals surface area contributed by atoms with Crippen molar-refractivity contribution in [1.82, 2.24) is 4.90 Å². The standard InChI is InChI=1S/C14H14FN3O2/c15-11-4-3-5-12(8-11)17-9-13(19)18(14(20)10-17)7-2-1-6-16/h3-5,8H,1-2,7,9-10H2. The molecule has 1 aromatic rings. The van der Waals surface area contributed by atoms with Gasteiger partial charge in [0.25, 0.3) is 0 Å². The lowest BCUT2D eigenvalue weighted by Gasteiger charge is -2.33. The number of nitrogens with zero attached hydrogens (tertiary/aromatic N) is 3. The minimum atomic E-state index is -0.404. The summed E-state index contributed by atoms with van der Waals surface area (Å²) in [7, 11) is 0. The van der Waals surface area contributed by atoms with Gasteiger partial charge in [0.2, 0.25) is 11.8 Å². The summed E-state index contributed by atoms with van der Waals surface area (Å²) in [5.74, 6) is -1.04. The summed E-state index contributed by atoms with van der Waals surface area (Å²) in [5, 5.41) is 8.46. The number of carbonyl (C=O) groups excluding carboxylic acids is 2. The molecule has 0 N–H and O–H groups in total. The van der Waals surface area contributed by atoms with Gasteiger partial charge in [-0.1, -0.05) is 6.07 Å². The number of hydrogen-bond donors (Lipinski definition) is 0. The van der Waals surface area contributed by atoms with Gasteiger partial charge in [-0.05, 0) is 24.6 Å². The van der Waals surface area contributed by atoms with Crippen LogP contribution in [0.3, 0.4) is 0 Å². The lowest BCUT2D eigenvalue weighted by atomic mass is 10.2. The third-order valence-corrected chi connectivity index (χ3v) is 3.10. The number of unbranched alkanes of at least 4 members (excludes halogenated alkanes) is 1. The van der Waals surface area contributed by atoms with Gasteiger partial charge in [0.05, 0.1) is 19.2 Å². The lowest BCUT2D eigenvalue weighted by molar-refractivity contribution is -0.145. The van der Waals surface area contributed by atoms with Gasteiger partial charge in [-0.2, -0.15) is 5.26 Å². The Bertz CT molecular complexity index is 550. The highest BCUT2D eigenvalue weighted by Gasteiger charge is 2.30. The summed E-state index contributed by atoms with van der Waals surface area (Å²) < 4.78 is 13.2. The number of amides is 2. The fraction of sp³-hybridized carbons (Fsp3) is 0.357. The topological polar surface area (TPSA) is 64.4 Å². The number of hydrogen-bond acceptors (Lipinski definition) is 4. The quantitative estimate of drug-likeness (QED) is 0.614. The molecule has 0 spiro atoms. The summed E-state index contributed by atoms with van der Waals surface area (Å²) in [5.41, 5.74) is 0.517. The first-order valence-corrected chi connectivity index (χ1v) is 6.32. The summed E-state index contributed by atoms with van der Waals surface area (Å²) in [6.07, 6.45) is 0.790. The normalized spacial score (nSPS) is 15.4. The highest BCUT2D eigenvalue weighted by atomic mass is 19.1. The van der Waals surface area contributed by atoms with Crippen LogP contribution in [0, 0.1) is 17.1 Å². The van der Waals surface area contributed by atoms with Crippen molar-refractivity contribution in [3.05, 3.63) is 30.1 Å². The van der Waals surface area contributed by atoms with Crippen LogP contribution in [0.4, 0.5) is 10.1 Å². The Morgan fingerprint density at radius 2 is 1.95 bits per heavy atom. The van der Waals surface area contributed by atoms with Gasteiger partial charge < -0.3 is 4.90 Å². The lowest BCUT2D eigenvalue weighted by Crippen LogP contribution is -2.54. The highest BCUT2D eigenvalue weighted by Crippen LogP contribution is 2.18. The number of imide groups is 1. The van der Waals surface area contributed by atoms with Crippen molar-refractivity contribution in [3.63, 3.8) is 0 Å². The first-order chi connectivity index (χ1) is 9.61. The Hall–Kier alpha value is -2.42. The molecule has 5 nitrogen and oxygen atoms in total. The molecule has 0 bridgehead atoms. The van der Waals surface area contributed by atoms with Gasteiger partial charge >= 0.3 is 0 Å². The summed E-state index contributed by atoms with van der Waals surface area (Å²) >= 11 is 0. The molecule has 2 rings (SSSR count). The van der Waals surface area contributed by atoms with Crippen molar-refractivity contribution in [2.75, 3.05) is 24.5 Å². The van der Waals surface area contributed by atoms with Crippen molar-refractivity contribution in [2.24, 2.45) is 0 Å². The Balaban J connectivity index is 2.04. The second-order valence-electron chi connectivity index (χ2n) is 4.54. The van der Waals surface area contributed by atoms with Gasteiger partial charge in [-0.25, -0.2) is 4.39 Å². The molecule has 1 saturated heterocycles. The van der Waals surface area contributed by atoms with Crippen LogP contribution in [-0.4, -0.2) is 36.3 Å². The van der Waals surface area contributed by atoms with E-state index < -0.39 is 5.82 Å². The zero-order valence-corrected chi connectivity index (χ0v) is 10.9. The zero-order chi connectivity index (χ0) is 14.5. The van der Waals surface area contributed by atoms with Crippen molar-refractivity contribution in [2.45, 2.75) is 12.8 Å². The molecule has 0 saturated carbocycles. The van der Waals surface area contributed by atoms with E-state index in [1.54, 1.807) is 17.0 Å². The maximum Gasteiger partial charge on any atom is 0.248 e. The number of carbonyl (C=O) groups is 2. The second-order valence-corrected chi connectivity index (χ2v) is 4.54. The number of halogens is 1. The molecule has 6 heteroatoms. The van der Waals surface area contributed by atoms with Crippen LogP contribution >= 0.6 is 0 Å². The summed E-state index contributed by atoms with van der Waals surface area (Å²) in [6, 6.07) is 7.79. The molecule has 1 heterocycles. The number of benzene rings is 1. The summed E-state index contributed by atoms with van der Waals surface area (Å²) in [6.45, 7) is 0.353. The first kappa shape index (κ1) is 14.0. The summed E-state index contributed by atoms with van der Waals surface area (Å²) in [4.78, 5) is 26.6. The van der Waals surface area contributed by atoms with Gasteiger partial charge in [0.15, 0.2) is 0 Å². The van der Waals surface area contributed by atoms with Crippen LogP contribution in [0.2, 0.25) is 0 Å². The molecule has 1 aliphatic heterocycles. The van der Waals surface area contributed by atoms with Crippen molar-refractivity contribution in [1.29, 1.82) is 5.26 Å². The minimum absolute atomic E-state index is 0.0434. The van der Waals surface area contributed by atoms with E-state index in [0.29, 0.717) is 18.5 Å². The van der Waals surface area contributed by atoms with E-state index in [1.807, 2.05) is 6.07 Å². The SMILES string of the molecule is N#CCCCN1C(=O)CN(c2cccc(F)c2)CC1=O. The minimum Gasteiger partial charge on any atom is -0.353 e. The predicted octanol–water partition coefficient (Wildman–Crippen LogP) is 1.30. The molecular formula is C14H14FN3O2. The zero-order valence-electron chi connectivity index (χ0n) is 10.9. The fourth-order valence-corrected chi connectivity index (χ4v) is 2.11. The molecular weight excluding hydrogens is 261 g/mol. The van der Waals surface area contributed by atoms with Crippen molar-refractivity contribution in [3.8, 4) is 6.07 Å². The molecule has 104 valence electrons. The van der Waals surface area contributed by atoms with Gasteiger partial charge in [0, 0.05) is 18.7 Å². The Morgan fingerprint density at radius 3 is 2.55 bits per heavy atom. The van der Waals surface area contributed by atoms with E-state index in [4.69, 9.17) is 5.26 Å². The van der Waals surface area contributed by atoms with E-state index in [1.165, 1.54) is 17.0 Å². The molecule has 1 fully saturated rings. The monoisotopic (exact) mass is 275 g/mol. The van der Waals surface area contributed by atoms with Crippen LogP contribution in [0.15, 0.2) is 24.3 Å². The molecule has 1 aliphatic rings. The van der Waals surface area contributed by atoms with Crippen LogP contribution < -0.4 is 4.90 Å². The molecule has 0 unspecified atom stereocenters. The van der Waals surface area contributed by atoms with Crippen molar-refractivity contribution >= 4 is 17.5 Å².